The highest BCUT2D eigenvalue weighted by atomic mass is 35.5. The number of hydrogen-bond donors (Lipinski definition) is 1. The van der Waals surface area contributed by atoms with E-state index >= 15 is 0 Å². The van der Waals surface area contributed by atoms with Gasteiger partial charge in [-0.3, -0.25) is 0 Å². The fourth-order valence-electron chi connectivity index (χ4n) is 5.84. The van der Waals surface area contributed by atoms with Crippen LogP contribution in [0.25, 0.3) is 0 Å². The average molecular weight is 643 g/mol. The predicted molar refractivity (Wildman–Crippen MR) is 181 cm³/mol. The molecular formula is C39H43ClO6. The molecule has 1 N–H and O–H groups in total. The Morgan fingerprint density at radius 3 is 2.04 bits per heavy atom. The molecule has 1 heterocycles. The highest BCUT2D eigenvalue weighted by molar-refractivity contribution is 6.31. The topological polar surface area (TPSA) is 66.4 Å². The number of hydrogen-bond acceptors (Lipinski definition) is 6. The van der Waals surface area contributed by atoms with Crippen LogP contribution in [-0.2, 0) is 33.8 Å². The number of rotatable bonds is 15. The van der Waals surface area contributed by atoms with Crippen LogP contribution in [0, 0.1) is 5.92 Å². The standard InChI is InChI=1S/C39H43ClO6/c1-4-20-43-35-23-34(40)31(21-28-16-18-32(19-17-28)42-5-2)22-33(35)38-39(45-26-30-14-10-7-11-15-30)37(27(3)36(24-41)46-38)44-25-29-12-8-6-9-13-29/h4,6-19,22-23,27,36-39,41H,1,5,20-21,24-26H2,2-3H3/t27-,36-,37+,38+,39-/m1/s1. The Morgan fingerprint density at radius 1 is 0.826 bits per heavy atom. The van der Waals surface area contributed by atoms with Gasteiger partial charge in [0.25, 0.3) is 0 Å². The quantitative estimate of drug-likeness (QED) is 0.132. The van der Waals surface area contributed by atoms with E-state index in [0.717, 1.165) is 33.6 Å². The Labute approximate surface area is 277 Å². The maximum Gasteiger partial charge on any atom is 0.127 e. The van der Waals surface area contributed by atoms with Gasteiger partial charge in [0.2, 0.25) is 0 Å². The molecule has 6 nitrogen and oxygen atoms in total. The maximum absolute atomic E-state index is 10.5. The zero-order valence-electron chi connectivity index (χ0n) is 26.5. The van der Waals surface area contributed by atoms with Gasteiger partial charge in [-0.2, -0.15) is 0 Å². The van der Waals surface area contributed by atoms with Crippen LogP contribution in [0.3, 0.4) is 0 Å². The monoisotopic (exact) mass is 642 g/mol. The Morgan fingerprint density at radius 2 is 1.46 bits per heavy atom. The van der Waals surface area contributed by atoms with Crippen molar-refractivity contribution < 1.29 is 28.8 Å². The van der Waals surface area contributed by atoms with Crippen LogP contribution < -0.4 is 9.47 Å². The molecule has 242 valence electrons. The van der Waals surface area contributed by atoms with Gasteiger partial charge in [0.15, 0.2) is 0 Å². The second-order valence-corrected chi connectivity index (χ2v) is 11.9. The number of ether oxygens (including phenoxy) is 5. The van der Waals surface area contributed by atoms with Gasteiger partial charge in [-0.25, -0.2) is 0 Å². The molecule has 46 heavy (non-hydrogen) atoms. The predicted octanol–water partition coefficient (Wildman–Crippen LogP) is 8.13. The molecule has 7 heteroatoms. The molecule has 1 saturated heterocycles. The third-order valence-corrected chi connectivity index (χ3v) is 8.62. The molecule has 5 rings (SSSR count). The first-order valence-electron chi connectivity index (χ1n) is 15.9. The van der Waals surface area contributed by atoms with Crippen molar-refractivity contribution in [2.75, 3.05) is 19.8 Å². The lowest BCUT2D eigenvalue weighted by molar-refractivity contribution is -0.240. The minimum Gasteiger partial charge on any atom is -0.494 e. The Balaban J connectivity index is 1.53. The molecule has 1 fully saturated rings. The van der Waals surface area contributed by atoms with Crippen molar-refractivity contribution in [1.82, 2.24) is 0 Å². The third kappa shape index (κ3) is 8.58. The summed E-state index contributed by atoms with van der Waals surface area (Å²) < 4.78 is 31.9. The van der Waals surface area contributed by atoms with E-state index in [0.29, 0.717) is 37.0 Å². The molecule has 0 aromatic heterocycles. The minimum absolute atomic E-state index is 0.154. The van der Waals surface area contributed by atoms with Gasteiger partial charge >= 0.3 is 0 Å². The zero-order chi connectivity index (χ0) is 32.3. The van der Waals surface area contributed by atoms with Crippen molar-refractivity contribution in [3.05, 3.63) is 143 Å². The summed E-state index contributed by atoms with van der Waals surface area (Å²) in [5, 5.41) is 11.1. The van der Waals surface area contributed by atoms with Crippen molar-refractivity contribution in [2.24, 2.45) is 5.92 Å². The summed E-state index contributed by atoms with van der Waals surface area (Å²) in [5.41, 5.74) is 4.88. The molecule has 0 spiro atoms. The summed E-state index contributed by atoms with van der Waals surface area (Å²) >= 11 is 6.89. The molecule has 0 saturated carbocycles. The van der Waals surface area contributed by atoms with E-state index in [2.05, 4.69) is 6.58 Å². The number of benzene rings is 4. The summed E-state index contributed by atoms with van der Waals surface area (Å²) in [6.07, 6.45) is 0.273. The van der Waals surface area contributed by atoms with Crippen molar-refractivity contribution in [3.8, 4) is 11.5 Å². The molecule has 0 bridgehead atoms. The Bertz CT molecular complexity index is 1510. The van der Waals surface area contributed by atoms with Crippen LogP contribution in [0.5, 0.6) is 11.5 Å². The van der Waals surface area contributed by atoms with Crippen molar-refractivity contribution >= 4 is 11.6 Å². The second kappa shape index (κ2) is 16.8. The van der Waals surface area contributed by atoms with Gasteiger partial charge in [-0.15, -0.1) is 0 Å². The molecule has 4 aromatic rings. The lowest BCUT2D eigenvalue weighted by Gasteiger charge is -2.45. The van der Waals surface area contributed by atoms with Gasteiger partial charge in [0, 0.05) is 16.5 Å². The molecule has 0 radical (unpaired) electrons. The molecule has 0 unspecified atom stereocenters. The van der Waals surface area contributed by atoms with E-state index in [9.17, 15) is 5.11 Å². The van der Waals surface area contributed by atoms with Crippen LogP contribution in [0.15, 0.2) is 110 Å². The first-order valence-corrected chi connectivity index (χ1v) is 16.2. The van der Waals surface area contributed by atoms with E-state index < -0.39 is 24.4 Å². The summed E-state index contributed by atoms with van der Waals surface area (Å²) in [7, 11) is 0. The second-order valence-electron chi connectivity index (χ2n) is 11.5. The van der Waals surface area contributed by atoms with E-state index in [1.54, 1.807) is 6.08 Å². The average Bonchev–Trinajstić information content (AvgIpc) is 3.09. The first kappa shape index (κ1) is 33.7. The number of aliphatic hydroxyl groups excluding tert-OH is 1. The minimum atomic E-state index is -0.617. The van der Waals surface area contributed by atoms with Crippen LogP contribution >= 0.6 is 11.6 Å². The van der Waals surface area contributed by atoms with E-state index in [4.69, 9.17) is 35.3 Å². The molecule has 0 aliphatic carbocycles. The fourth-order valence-corrected chi connectivity index (χ4v) is 6.06. The molecule has 4 aromatic carbocycles. The van der Waals surface area contributed by atoms with E-state index in [1.807, 2.05) is 111 Å². The first-order chi connectivity index (χ1) is 22.5. The van der Waals surface area contributed by atoms with Crippen molar-refractivity contribution in [1.29, 1.82) is 0 Å². The summed E-state index contributed by atoms with van der Waals surface area (Å²) in [6, 6.07) is 32.0. The van der Waals surface area contributed by atoms with Gasteiger partial charge in [-0.05, 0) is 59.9 Å². The normalized spacial score (nSPS) is 21.1. The summed E-state index contributed by atoms with van der Waals surface area (Å²) in [6.45, 7) is 9.34. The van der Waals surface area contributed by atoms with Crippen molar-refractivity contribution in [2.45, 2.75) is 57.9 Å². The van der Waals surface area contributed by atoms with Crippen LogP contribution in [0.1, 0.15) is 47.8 Å². The van der Waals surface area contributed by atoms with Crippen LogP contribution in [0.4, 0.5) is 0 Å². The van der Waals surface area contributed by atoms with E-state index in [-0.39, 0.29) is 19.1 Å². The van der Waals surface area contributed by atoms with Gasteiger partial charge in [0.05, 0.1) is 38.6 Å². The van der Waals surface area contributed by atoms with E-state index in [1.165, 1.54) is 0 Å². The fraction of sp³-hybridized carbons (Fsp3) is 0.333. The highest BCUT2D eigenvalue weighted by Crippen LogP contribution is 2.44. The lowest BCUT2D eigenvalue weighted by Crippen LogP contribution is -2.53. The van der Waals surface area contributed by atoms with Crippen LogP contribution in [-0.4, -0.2) is 43.2 Å². The highest BCUT2D eigenvalue weighted by Gasteiger charge is 2.46. The SMILES string of the molecule is C=CCOc1cc(Cl)c(Cc2ccc(OCC)cc2)cc1[C@@H]1O[C@H](CO)[C@@H](C)[C@H](OCc2ccccc2)[C@H]1OCc1ccccc1. The third-order valence-electron chi connectivity index (χ3n) is 8.27. The number of halogens is 1. The largest absolute Gasteiger partial charge is 0.494 e. The van der Waals surface area contributed by atoms with Gasteiger partial charge in [0.1, 0.15) is 30.3 Å². The molecule has 0 amide bonds. The molecule has 5 atom stereocenters. The Hall–Kier alpha value is -3.65. The summed E-state index contributed by atoms with van der Waals surface area (Å²) in [4.78, 5) is 0. The molecule has 1 aliphatic rings. The molecular weight excluding hydrogens is 600 g/mol. The Kier molecular flexibility index (Phi) is 12.3. The number of aliphatic hydroxyl groups is 1. The maximum atomic E-state index is 10.5. The zero-order valence-corrected chi connectivity index (χ0v) is 27.3. The van der Waals surface area contributed by atoms with Gasteiger partial charge in [-0.1, -0.05) is 104 Å². The lowest BCUT2D eigenvalue weighted by atomic mass is 9.84. The van der Waals surface area contributed by atoms with Gasteiger partial charge < -0.3 is 28.8 Å². The van der Waals surface area contributed by atoms with Crippen molar-refractivity contribution in [3.63, 3.8) is 0 Å². The molecule has 1 aliphatic heterocycles. The smallest absolute Gasteiger partial charge is 0.127 e. The van der Waals surface area contributed by atoms with Crippen LogP contribution in [0.2, 0.25) is 5.02 Å². The summed E-state index contributed by atoms with van der Waals surface area (Å²) in [5.74, 6) is 1.25.